The van der Waals surface area contributed by atoms with Gasteiger partial charge < -0.3 is 14.6 Å². The van der Waals surface area contributed by atoms with Crippen molar-refractivity contribution in [2.45, 2.75) is 22.8 Å². The van der Waals surface area contributed by atoms with E-state index < -0.39 is 19.7 Å². The molecule has 10 nitrogen and oxygen atoms in total. The largest absolute Gasteiger partial charge is 0.468 e. The van der Waals surface area contributed by atoms with Crippen LogP contribution in [0.5, 0.6) is 5.75 Å². The average molecular weight is 662 g/mol. The number of benzene rings is 3. The van der Waals surface area contributed by atoms with Gasteiger partial charge in [-0.1, -0.05) is 41.6 Å². The minimum absolute atomic E-state index is 0.215. The van der Waals surface area contributed by atoms with Crippen molar-refractivity contribution in [2.75, 3.05) is 14.2 Å². The zero-order chi connectivity index (χ0) is 32.0. The van der Waals surface area contributed by atoms with Crippen molar-refractivity contribution in [3.05, 3.63) is 113 Å². The highest BCUT2D eigenvalue weighted by molar-refractivity contribution is 7.99. The van der Waals surface area contributed by atoms with E-state index in [1.807, 2.05) is 48.5 Å². The molecule has 0 radical (unpaired) electrons. The quantitative estimate of drug-likeness (QED) is 0.114. The van der Waals surface area contributed by atoms with Crippen molar-refractivity contribution in [3.8, 4) is 5.75 Å². The van der Waals surface area contributed by atoms with Gasteiger partial charge in [-0.15, -0.1) is 0 Å². The number of hydrogen-bond acceptors (Lipinski definition) is 8. The van der Waals surface area contributed by atoms with Crippen molar-refractivity contribution < 1.29 is 23.4 Å². The molecule has 1 amide bonds. The molecule has 5 aromatic rings. The fourth-order valence-corrected chi connectivity index (χ4v) is 7.38. The Morgan fingerprint density at radius 3 is 2.49 bits per heavy atom. The number of methoxy groups -OCH3 is 1. The highest BCUT2D eigenvalue weighted by atomic mass is 35.5. The number of amides is 1. The normalized spacial score (nSPS) is 13.3. The number of carbonyl (C=O) groups is 2. The summed E-state index contributed by atoms with van der Waals surface area (Å²) in [5.74, 6) is -0.608. The molecule has 0 spiro atoms. The van der Waals surface area contributed by atoms with Crippen molar-refractivity contribution in [1.29, 1.82) is 0 Å². The maximum Gasteiger partial charge on any atom is 0.440 e. The van der Waals surface area contributed by atoms with Crippen LogP contribution in [0.25, 0.3) is 23.1 Å². The Balaban J connectivity index is 1.67. The third-order valence-corrected chi connectivity index (χ3v) is 9.85. The first kappa shape index (κ1) is 32.0. The van der Waals surface area contributed by atoms with Gasteiger partial charge in [-0.25, -0.2) is 9.65 Å². The molecule has 2 atom stereocenters. The van der Waals surface area contributed by atoms with Crippen molar-refractivity contribution in [3.63, 3.8) is 0 Å². The van der Waals surface area contributed by atoms with Crippen molar-refractivity contribution in [1.82, 2.24) is 24.9 Å². The number of nitrogens with zero attached hydrogens (tertiary/aromatic N) is 3. The van der Waals surface area contributed by atoms with Gasteiger partial charge in [0, 0.05) is 33.4 Å². The number of halogens is 1. The third kappa shape index (κ3) is 7.46. The van der Waals surface area contributed by atoms with Crippen molar-refractivity contribution >= 4 is 66.0 Å². The molecule has 2 heterocycles. The van der Waals surface area contributed by atoms with Gasteiger partial charge in [0.05, 0.1) is 29.6 Å². The summed E-state index contributed by atoms with van der Waals surface area (Å²) >= 11 is 7.45. The van der Waals surface area contributed by atoms with Crippen molar-refractivity contribution in [2.24, 2.45) is 0 Å². The number of carbonyl (C=O) groups excluding carboxylic acids is 2. The molecule has 5 rings (SSSR count). The molecule has 0 fully saturated rings. The molecule has 0 saturated heterocycles. The minimum Gasteiger partial charge on any atom is -0.468 e. The van der Waals surface area contributed by atoms with Gasteiger partial charge in [-0.2, -0.15) is 9.55 Å². The first-order chi connectivity index (χ1) is 21.7. The minimum atomic E-state index is -4.20. The number of fused-ring (bicyclic) bond motifs is 1. The molecule has 0 saturated carbocycles. The lowest BCUT2D eigenvalue weighted by atomic mass is 10.2. The number of nitrogens with one attached hydrogen (secondary N) is 2. The van der Waals surface area contributed by atoms with E-state index in [4.69, 9.17) is 26.0 Å². The lowest BCUT2D eigenvalue weighted by Gasteiger charge is -2.23. The van der Waals surface area contributed by atoms with Gasteiger partial charge in [0.2, 0.25) is 0 Å². The summed E-state index contributed by atoms with van der Waals surface area (Å²) in [6.07, 6.45) is 5.25. The third-order valence-electron chi connectivity index (χ3n) is 6.55. The second kappa shape index (κ2) is 14.1. The predicted molar refractivity (Wildman–Crippen MR) is 177 cm³/mol. The second-order valence-corrected chi connectivity index (χ2v) is 13.1. The fraction of sp³-hybridized carbons (Fsp3) is 0.125. The lowest BCUT2D eigenvalue weighted by molar-refractivity contribution is -0.142. The molecule has 3 aromatic carbocycles. The average Bonchev–Trinajstić information content (AvgIpc) is 3.43. The number of ether oxygens (including phenoxy) is 1. The summed E-state index contributed by atoms with van der Waals surface area (Å²) in [6, 6.07) is 23.7. The molecular formula is C32H29ClN5O5PS. The number of aromatic nitrogens is 3. The van der Waals surface area contributed by atoms with E-state index in [-0.39, 0.29) is 11.7 Å². The summed E-state index contributed by atoms with van der Waals surface area (Å²) in [5.41, 5.74) is 2.17. The van der Waals surface area contributed by atoms with Crippen LogP contribution in [-0.2, 0) is 14.1 Å². The van der Waals surface area contributed by atoms with E-state index in [0.29, 0.717) is 32.9 Å². The SMILES string of the molecule is CNC(=O)c1ccccc1Sc1ccc2c(/C=C/c3ccccn3)nn(P(=O)(N[C@@H](C)C(=O)OC)Oc3ccc(Cl)cc3)c2c1. The Kier molecular flexibility index (Phi) is 10.0. The molecule has 2 aromatic heterocycles. The molecule has 0 aliphatic heterocycles. The van der Waals surface area contributed by atoms with Crippen LogP contribution >= 0.6 is 31.0 Å². The van der Waals surface area contributed by atoms with Crippen LogP contribution < -0.4 is 14.9 Å². The molecule has 0 aliphatic rings. The number of hydrogen-bond donors (Lipinski definition) is 2. The highest BCUT2D eigenvalue weighted by Crippen LogP contribution is 2.48. The predicted octanol–water partition coefficient (Wildman–Crippen LogP) is 6.95. The van der Waals surface area contributed by atoms with Crippen LogP contribution in [0.3, 0.4) is 0 Å². The summed E-state index contributed by atoms with van der Waals surface area (Å²) in [4.78, 5) is 30.8. The smallest absolute Gasteiger partial charge is 0.440 e. The second-order valence-electron chi connectivity index (χ2n) is 9.66. The van der Waals surface area contributed by atoms with Gasteiger partial charge in [-0.05, 0) is 85.8 Å². The summed E-state index contributed by atoms with van der Waals surface area (Å²) in [7, 11) is -1.37. The Labute approximate surface area is 269 Å². The molecule has 1 unspecified atom stereocenters. The van der Waals surface area contributed by atoms with E-state index in [2.05, 4.69) is 15.4 Å². The molecule has 230 valence electrons. The molecular weight excluding hydrogens is 633 g/mol. The van der Waals surface area contributed by atoms with E-state index in [1.165, 1.54) is 30.2 Å². The standard InChI is InChI=1S/C32H29ClN5O5PS/c1-21(32(40)42-3)37-44(41,43-24-14-11-22(33)12-15-24)38-29-20-25(45-30-10-5-4-9-27(30)31(39)34-2)16-17-26(29)28(36-38)18-13-23-8-6-7-19-35-23/h4-21H,1-3H3,(H,34,39)(H,37,41)/b18-13+/t21-,44?/m0/s1. The lowest BCUT2D eigenvalue weighted by Crippen LogP contribution is -2.36. The van der Waals surface area contributed by atoms with E-state index in [1.54, 1.807) is 61.8 Å². The number of pyridine rings is 1. The van der Waals surface area contributed by atoms with Crippen LogP contribution in [0.2, 0.25) is 5.02 Å². The van der Waals surface area contributed by atoms with Crippen LogP contribution in [-0.4, -0.2) is 46.6 Å². The topological polar surface area (TPSA) is 124 Å². The van der Waals surface area contributed by atoms with E-state index in [9.17, 15) is 14.2 Å². The van der Waals surface area contributed by atoms with Crippen LogP contribution in [0.1, 0.15) is 28.7 Å². The Morgan fingerprint density at radius 1 is 1.02 bits per heavy atom. The number of rotatable bonds is 11. The zero-order valence-electron chi connectivity index (χ0n) is 24.5. The van der Waals surface area contributed by atoms with Gasteiger partial charge in [0.1, 0.15) is 11.8 Å². The summed E-state index contributed by atoms with van der Waals surface area (Å²) < 4.78 is 27.1. The molecule has 0 aliphatic carbocycles. The van der Waals surface area contributed by atoms with Gasteiger partial charge in [0.25, 0.3) is 5.91 Å². The Morgan fingerprint density at radius 2 is 1.78 bits per heavy atom. The highest BCUT2D eigenvalue weighted by Gasteiger charge is 2.35. The first-order valence-electron chi connectivity index (χ1n) is 13.7. The summed E-state index contributed by atoms with van der Waals surface area (Å²) in [6.45, 7) is 1.52. The van der Waals surface area contributed by atoms with Gasteiger partial charge in [-0.3, -0.25) is 14.6 Å². The van der Waals surface area contributed by atoms with E-state index >= 15 is 0 Å². The Bertz CT molecular complexity index is 1920. The van der Waals surface area contributed by atoms with Gasteiger partial charge >= 0.3 is 13.6 Å². The Hall–Kier alpha value is -4.41. The van der Waals surface area contributed by atoms with Crippen LogP contribution in [0.15, 0.2) is 101 Å². The molecule has 45 heavy (non-hydrogen) atoms. The molecule has 2 N–H and O–H groups in total. The van der Waals surface area contributed by atoms with Crippen LogP contribution in [0.4, 0.5) is 0 Å². The van der Waals surface area contributed by atoms with Gasteiger partial charge in [0.15, 0.2) is 0 Å². The fourth-order valence-electron chi connectivity index (χ4n) is 4.37. The summed E-state index contributed by atoms with van der Waals surface area (Å²) in [5, 5.41) is 11.4. The maximum absolute atomic E-state index is 14.9. The first-order valence-corrected chi connectivity index (χ1v) is 16.5. The zero-order valence-corrected chi connectivity index (χ0v) is 27.0. The maximum atomic E-state index is 14.9. The monoisotopic (exact) mass is 661 g/mol. The number of esters is 1. The van der Waals surface area contributed by atoms with E-state index in [0.717, 1.165) is 9.79 Å². The molecule has 13 heteroatoms. The molecule has 0 bridgehead atoms. The van der Waals surface area contributed by atoms with Crippen LogP contribution in [0, 0.1) is 0 Å².